The van der Waals surface area contributed by atoms with Gasteiger partial charge < -0.3 is 10.5 Å². The van der Waals surface area contributed by atoms with E-state index in [2.05, 4.69) is 9.72 Å². The predicted molar refractivity (Wildman–Crippen MR) is 65.3 cm³/mol. The number of rotatable bonds is 2. The van der Waals surface area contributed by atoms with Gasteiger partial charge in [-0.1, -0.05) is 12.1 Å². The molecule has 0 fully saturated rings. The molecule has 2 aromatic rings. The number of nitrogens with two attached hydrogens (primary N) is 1. The maximum atomic E-state index is 13.7. The quantitative estimate of drug-likeness (QED) is 0.846. The van der Waals surface area contributed by atoms with E-state index >= 15 is 0 Å². The molecule has 2 N–H and O–H groups in total. The molecule has 1 aromatic carbocycles. The van der Waals surface area contributed by atoms with E-state index in [1.54, 1.807) is 0 Å². The Morgan fingerprint density at radius 2 is 2.11 bits per heavy atom. The summed E-state index contributed by atoms with van der Waals surface area (Å²) in [5.41, 5.74) is 5.78. The molecule has 0 atom stereocenters. The van der Waals surface area contributed by atoms with Crippen molar-refractivity contribution in [2.24, 2.45) is 0 Å². The van der Waals surface area contributed by atoms with Crippen LogP contribution >= 0.6 is 0 Å². The summed E-state index contributed by atoms with van der Waals surface area (Å²) in [6.45, 7) is 0. The van der Waals surface area contributed by atoms with Gasteiger partial charge in [0.1, 0.15) is 11.4 Å². The third-order valence-corrected chi connectivity index (χ3v) is 2.59. The molecule has 0 radical (unpaired) electrons. The molecule has 0 bridgehead atoms. The Kier molecular flexibility index (Phi) is 3.41. The number of halogens is 2. The van der Waals surface area contributed by atoms with Gasteiger partial charge in [0.25, 0.3) is 0 Å². The largest absolute Gasteiger partial charge is 0.465 e. The molecule has 0 unspecified atom stereocenters. The standard InChI is InChI=1S/C13H10F2N2O2/c1-19-13(18)9-5-7(6-17-12(9)16)8-3-2-4-10(14)11(8)15/h2-6H,1H3,(H2,16,17). The van der Waals surface area contributed by atoms with Crippen LogP contribution in [-0.4, -0.2) is 18.1 Å². The molecule has 0 saturated carbocycles. The zero-order valence-electron chi connectivity index (χ0n) is 9.98. The van der Waals surface area contributed by atoms with Crippen molar-refractivity contribution in [3.8, 4) is 11.1 Å². The van der Waals surface area contributed by atoms with E-state index in [1.165, 1.54) is 31.5 Å². The van der Waals surface area contributed by atoms with Crippen molar-refractivity contribution in [3.63, 3.8) is 0 Å². The summed E-state index contributed by atoms with van der Waals surface area (Å²) in [4.78, 5) is 15.2. The first-order valence-electron chi connectivity index (χ1n) is 5.32. The van der Waals surface area contributed by atoms with Gasteiger partial charge in [0.2, 0.25) is 0 Å². The molecule has 0 aliphatic carbocycles. The number of aromatic nitrogens is 1. The Labute approximate surface area is 107 Å². The van der Waals surface area contributed by atoms with Crippen molar-refractivity contribution >= 4 is 11.8 Å². The second-order valence-electron chi connectivity index (χ2n) is 3.75. The van der Waals surface area contributed by atoms with Crippen molar-refractivity contribution in [1.29, 1.82) is 0 Å². The first-order valence-corrected chi connectivity index (χ1v) is 5.32. The summed E-state index contributed by atoms with van der Waals surface area (Å²) in [5.74, 6) is -2.71. The summed E-state index contributed by atoms with van der Waals surface area (Å²) in [7, 11) is 1.19. The average molecular weight is 264 g/mol. The summed E-state index contributed by atoms with van der Waals surface area (Å²) in [6, 6.07) is 5.06. The van der Waals surface area contributed by atoms with Gasteiger partial charge in [0.05, 0.1) is 7.11 Å². The number of pyridine rings is 1. The lowest BCUT2D eigenvalue weighted by Crippen LogP contribution is -2.07. The fraction of sp³-hybridized carbons (Fsp3) is 0.0769. The van der Waals surface area contributed by atoms with Gasteiger partial charge in [-0.15, -0.1) is 0 Å². The zero-order valence-corrected chi connectivity index (χ0v) is 9.98. The fourth-order valence-electron chi connectivity index (χ4n) is 1.62. The molecular weight excluding hydrogens is 254 g/mol. The minimum Gasteiger partial charge on any atom is -0.465 e. The third-order valence-electron chi connectivity index (χ3n) is 2.59. The first-order chi connectivity index (χ1) is 9.04. The number of nitrogens with zero attached hydrogens (tertiary/aromatic N) is 1. The number of ether oxygens (including phenoxy) is 1. The van der Waals surface area contributed by atoms with Crippen LogP contribution in [0.4, 0.5) is 14.6 Å². The third kappa shape index (κ3) is 2.37. The highest BCUT2D eigenvalue weighted by atomic mass is 19.2. The van der Waals surface area contributed by atoms with E-state index in [0.717, 1.165) is 6.07 Å². The second-order valence-corrected chi connectivity index (χ2v) is 3.75. The van der Waals surface area contributed by atoms with Crippen LogP contribution in [0, 0.1) is 11.6 Å². The fourth-order valence-corrected chi connectivity index (χ4v) is 1.62. The number of esters is 1. The van der Waals surface area contributed by atoms with Crippen LogP contribution in [0.1, 0.15) is 10.4 Å². The van der Waals surface area contributed by atoms with Gasteiger partial charge in [-0.3, -0.25) is 0 Å². The molecule has 2 rings (SSSR count). The number of hydrogen-bond donors (Lipinski definition) is 1. The topological polar surface area (TPSA) is 65.2 Å². The van der Waals surface area contributed by atoms with Crippen molar-refractivity contribution in [2.75, 3.05) is 12.8 Å². The molecule has 0 saturated heterocycles. The molecule has 0 amide bonds. The lowest BCUT2D eigenvalue weighted by molar-refractivity contribution is 0.0601. The van der Waals surface area contributed by atoms with Crippen molar-refractivity contribution < 1.29 is 18.3 Å². The molecule has 0 spiro atoms. The van der Waals surface area contributed by atoms with Crippen LogP contribution in [0.3, 0.4) is 0 Å². The van der Waals surface area contributed by atoms with Crippen molar-refractivity contribution in [2.45, 2.75) is 0 Å². The van der Waals surface area contributed by atoms with Gasteiger partial charge in [-0.2, -0.15) is 0 Å². The van der Waals surface area contributed by atoms with Gasteiger partial charge in [0.15, 0.2) is 11.6 Å². The highest BCUT2D eigenvalue weighted by molar-refractivity contribution is 5.95. The number of hydrogen-bond acceptors (Lipinski definition) is 4. The van der Waals surface area contributed by atoms with E-state index in [0.29, 0.717) is 0 Å². The Hall–Kier alpha value is -2.50. The highest BCUT2D eigenvalue weighted by Gasteiger charge is 2.15. The summed E-state index contributed by atoms with van der Waals surface area (Å²) >= 11 is 0. The van der Waals surface area contributed by atoms with Gasteiger partial charge in [-0.25, -0.2) is 18.6 Å². The van der Waals surface area contributed by atoms with E-state index in [9.17, 15) is 13.6 Å². The smallest absolute Gasteiger partial charge is 0.341 e. The lowest BCUT2D eigenvalue weighted by atomic mass is 10.0. The molecule has 98 valence electrons. The minimum absolute atomic E-state index is 0.00217. The number of anilines is 1. The first kappa shape index (κ1) is 12.9. The number of benzene rings is 1. The number of carbonyl (C=O) groups is 1. The highest BCUT2D eigenvalue weighted by Crippen LogP contribution is 2.26. The monoisotopic (exact) mass is 264 g/mol. The maximum absolute atomic E-state index is 13.7. The lowest BCUT2D eigenvalue weighted by Gasteiger charge is -2.07. The molecular formula is C13H10F2N2O2. The normalized spacial score (nSPS) is 10.3. The van der Waals surface area contributed by atoms with Gasteiger partial charge >= 0.3 is 5.97 Å². The molecule has 1 heterocycles. The molecule has 19 heavy (non-hydrogen) atoms. The van der Waals surface area contributed by atoms with Crippen molar-refractivity contribution in [1.82, 2.24) is 4.98 Å². The Morgan fingerprint density at radius 3 is 2.79 bits per heavy atom. The molecule has 4 nitrogen and oxygen atoms in total. The van der Waals surface area contributed by atoms with Crippen LogP contribution in [0.5, 0.6) is 0 Å². The minimum atomic E-state index is -1.01. The number of methoxy groups -OCH3 is 1. The molecule has 1 aromatic heterocycles. The predicted octanol–water partition coefficient (Wildman–Crippen LogP) is 2.40. The summed E-state index contributed by atoms with van der Waals surface area (Å²) in [5, 5.41) is 0. The van der Waals surface area contributed by atoms with E-state index in [4.69, 9.17) is 5.73 Å². The van der Waals surface area contributed by atoms with Crippen LogP contribution in [0.15, 0.2) is 30.5 Å². The average Bonchev–Trinajstić information content (AvgIpc) is 2.42. The number of carbonyl (C=O) groups excluding carboxylic acids is 1. The van der Waals surface area contributed by atoms with E-state index < -0.39 is 17.6 Å². The SMILES string of the molecule is COC(=O)c1cc(-c2cccc(F)c2F)cnc1N. The van der Waals surface area contributed by atoms with Gasteiger partial charge in [-0.05, 0) is 12.1 Å². The van der Waals surface area contributed by atoms with Gasteiger partial charge in [0, 0.05) is 17.3 Å². The summed E-state index contributed by atoms with van der Waals surface area (Å²) < 4.78 is 31.3. The molecule has 0 aliphatic heterocycles. The van der Waals surface area contributed by atoms with Crippen molar-refractivity contribution in [3.05, 3.63) is 47.7 Å². The van der Waals surface area contributed by atoms with E-state index in [-0.39, 0.29) is 22.5 Å². The number of nitrogen functional groups attached to an aromatic ring is 1. The Bertz CT molecular complexity index is 645. The molecule has 6 heteroatoms. The van der Waals surface area contributed by atoms with Crippen LogP contribution in [0.25, 0.3) is 11.1 Å². The Morgan fingerprint density at radius 1 is 1.37 bits per heavy atom. The summed E-state index contributed by atoms with van der Waals surface area (Å²) in [6.07, 6.45) is 1.26. The Balaban J connectivity index is 2.58. The van der Waals surface area contributed by atoms with Crippen LogP contribution < -0.4 is 5.73 Å². The second kappa shape index (κ2) is 5.01. The van der Waals surface area contributed by atoms with Crippen LogP contribution in [0.2, 0.25) is 0 Å². The van der Waals surface area contributed by atoms with E-state index in [1.807, 2.05) is 0 Å². The zero-order chi connectivity index (χ0) is 14.0. The maximum Gasteiger partial charge on any atom is 0.341 e. The molecule has 0 aliphatic rings. The van der Waals surface area contributed by atoms with Crippen LogP contribution in [-0.2, 0) is 4.74 Å².